The average molecular weight is 646 g/mol. The van der Waals surface area contributed by atoms with Gasteiger partial charge in [0.25, 0.3) is 5.95 Å². The van der Waals surface area contributed by atoms with Gasteiger partial charge in [0, 0.05) is 0 Å². The Hall–Kier alpha value is -5.90. The minimum atomic E-state index is -1.29. The SMILES string of the molecule is C=C1OCC(COC(=O)NCn2c(=O)n(CNC(=O)OCC3COC(=O)O3)c(=O)n(CNC(=O)OCC3COC(=O)O3)c2=O)O1. The van der Waals surface area contributed by atoms with Crippen LogP contribution >= 0.6 is 0 Å². The van der Waals surface area contributed by atoms with Crippen molar-refractivity contribution in [1.82, 2.24) is 29.7 Å². The summed E-state index contributed by atoms with van der Waals surface area (Å²) in [5.41, 5.74) is -3.86. The topological polar surface area (TPSA) is 271 Å². The van der Waals surface area contributed by atoms with Crippen molar-refractivity contribution in [3.05, 3.63) is 44.0 Å². The summed E-state index contributed by atoms with van der Waals surface area (Å²) in [6.45, 7) is -0.399. The number of nitrogens with zero attached hydrogens (tertiary/aromatic N) is 3. The Kier molecular flexibility index (Phi) is 10.3. The first kappa shape index (κ1) is 32.0. The van der Waals surface area contributed by atoms with Crippen LogP contribution in [0, 0.1) is 0 Å². The van der Waals surface area contributed by atoms with E-state index in [2.05, 4.69) is 32.0 Å². The number of hydrogen-bond acceptors (Lipinski definition) is 17. The normalized spacial score (nSPS) is 20.0. The van der Waals surface area contributed by atoms with E-state index in [0.29, 0.717) is 13.7 Å². The van der Waals surface area contributed by atoms with Gasteiger partial charge in [-0.3, -0.25) is 0 Å². The summed E-state index contributed by atoms with van der Waals surface area (Å²) in [7, 11) is 0. The molecule has 0 radical (unpaired) electrons. The van der Waals surface area contributed by atoms with Gasteiger partial charge >= 0.3 is 47.7 Å². The van der Waals surface area contributed by atoms with Crippen molar-refractivity contribution in [3.8, 4) is 0 Å². The fourth-order valence-corrected chi connectivity index (χ4v) is 3.59. The minimum Gasteiger partial charge on any atom is -0.462 e. The van der Waals surface area contributed by atoms with Crippen LogP contribution in [-0.2, 0) is 62.6 Å². The molecule has 3 aliphatic heterocycles. The minimum absolute atomic E-state index is 0.0420. The molecule has 45 heavy (non-hydrogen) atoms. The van der Waals surface area contributed by atoms with E-state index in [-0.39, 0.29) is 32.4 Å². The smallest absolute Gasteiger partial charge is 0.462 e. The lowest BCUT2D eigenvalue weighted by molar-refractivity contribution is 0.0693. The molecule has 0 spiro atoms. The number of cyclic esters (lactones) is 4. The molecule has 3 N–H and O–H groups in total. The van der Waals surface area contributed by atoms with Crippen LogP contribution in [-0.4, -0.2) is 102 Å². The van der Waals surface area contributed by atoms with Crippen molar-refractivity contribution in [1.29, 1.82) is 0 Å². The third-order valence-corrected chi connectivity index (χ3v) is 5.76. The van der Waals surface area contributed by atoms with Crippen LogP contribution in [0.5, 0.6) is 0 Å². The van der Waals surface area contributed by atoms with Gasteiger partial charge in [-0.2, -0.15) is 0 Å². The number of nitrogens with one attached hydrogen (secondary N) is 3. The Morgan fingerprint density at radius 2 is 0.933 bits per heavy atom. The van der Waals surface area contributed by atoms with Crippen molar-refractivity contribution in [3.63, 3.8) is 0 Å². The highest BCUT2D eigenvalue weighted by atomic mass is 16.8. The largest absolute Gasteiger partial charge is 0.508 e. The molecule has 0 aliphatic carbocycles. The van der Waals surface area contributed by atoms with Gasteiger partial charge in [-0.15, -0.1) is 0 Å². The number of rotatable bonds is 12. The van der Waals surface area contributed by atoms with Gasteiger partial charge in [-0.25, -0.2) is 52.1 Å². The van der Waals surface area contributed by atoms with Crippen LogP contribution in [0.2, 0.25) is 0 Å². The van der Waals surface area contributed by atoms with Crippen LogP contribution in [0.4, 0.5) is 24.0 Å². The van der Waals surface area contributed by atoms with E-state index in [0.717, 1.165) is 0 Å². The molecule has 1 aromatic heterocycles. The quantitative estimate of drug-likeness (QED) is 0.153. The van der Waals surface area contributed by atoms with E-state index < -0.39 is 99.2 Å². The van der Waals surface area contributed by atoms with Crippen LogP contribution in [0.15, 0.2) is 26.9 Å². The molecule has 0 aromatic carbocycles. The Balaban J connectivity index is 1.42. The zero-order valence-electron chi connectivity index (χ0n) is 23.1. The Morgan fingerprint density at radius 1 is 0.600 bits per heavy atom. The van der Waals surface area contributed by atoms with Crippen molar-refractivity contribution < 1.29 is 66.6 Å². The van der Waals surface area contributed by atoms with Gasteiger partial charge in [0.05, 0.1) is 0 Å². The highest BCUT2D eigenvalue weighted by molar-refractivity contribution is 5.68. The molecule has 3 atom stereocenters. The summed E-state index contributed by atoms with van der Waals surface area (Å²) in [5, 5.41) is 6.38. The maximum atomic E-state index is 13.1. The van der Waals surface area contributed by atoms with Crippen molar-refractivity contribution in [2.75, 3.05) is 39.6 Å². The van der Waals surface area contributed by atoms with E-state index in [1.807, 2.05) is 0 Å². The van der Waals surface area contributed by atoms with Gasteiger partial charge < -0.3 is 58.6 Å². The van der Waals surface area contributed by atoms with Crippen LogP contribution in [0.3, 0.4) is 0 Å². The molecule has 3 saturated heterocycles. The first-order valence-corrected chi connectivity index (χ1v) is 12.8. The highest BCUT2D eigenvalue weighted by Crippen LogP contribution is 2.12. The fraction of sp³-hybridized carbons (Fsp3) is 0.545. The summed E-state index contributed by atoms with van der Waals surface area (Å²) in [5.74, 6) is 0.0420. The van der Waals surface area contributed by atoms with Crippen molar-refractivity contribution >= 4 is 30.6 Å². The second-order valence-electron chi connectivity index (χ2n) is 8.96. The van der Waals surface area contributed by atoms with E-state index in [1.54, 1.807) is 0 Å². The molecule has 246 valence electrons. The highest BCUT2D eigenvalue weighted by Gasteiger charge is 2.28. The van der Waals surface area contributed by atoms with Crippen molar-refractivity contribution in [2.24, 2.45) is 0 Å². The average Bonchev–Trinajstić information content (AvgIpc) is 3.74. The van der Waals surface area contributed by atoms with Gasteiger partial charge in [0.1, 0.15) is 59.6 Å². The first-order chi connectivity index (χ1) is 21.5. The number of aromatic nitrogens is 3. The summed E-state index contributed by atoms with van der Waals surface area (Å²) in [6.07, 6.45) is -7.65. The van der Waals surface area contributed by atoms with Gasteiger partial charge in [-0.05, 0) is 6.58 Å². The molecule has 3 amide bonds. The monoisotopic (exact) mass is 646 g/mol. The molecule has 0 saturated carbocycles. The second kappa shape index (κ2) is 14.5. The molecule has 4 heterocycles. The predicted octanol–water partition coefficient (Wildman–Crippen LogP) is -2.82. The maximum absolute atomic E-state index is 13.1. The molecule has 0 bridgehead atoms. The molecule has 4 rings (SSSR count). The molecule has 3 aliphatic rings. The third kappa shape index (κ3) is 8.80. The lowest BCUT2D eigenvalue weighted by atomic mass is 10.4. The number of carbonyl (C=O) groups is 5. The summed E-state index contributed by atoms with van der Waals surface area (Å²) in [6, 6.07) is 0. The van der Waals surface area contributed by atoms with E-state index in [1.165, 1.54) is 0 Å². The third-order valence-electron chi connectivity index (χ3n) is 5.76. The Labute approximate surface area is 249 Å². The summed E-state index contributed by atoms with van der Waals surface area (Å²) < 4.78 is 44.5. The molecular formula is C22H26N6O17. The fourth-order valence-electron chi connectivity index (χ4n) is 3.59. The maximum Gasteiger partial charge on any atom is 0.508 e. The molecule has 23 heteroatoms. The molecule has 1 aromatic rings. The number of carbonyl (C=O) groups excluding carboxylic acids is 5. The first-order valence-electron chi connectivity index (χ1n) is 12.8. The summed E-state index contributed by atoms with van der Waals surface area (Å²) in [4.78, 5) is 97.5. The van der Waals surface area contributed by atoms with Crippen LogP contribution in [0.1, 0.15) is 0 Å². The molecule has 23 nitrogen and oxygen atoms in total. The zero-order chi connectivity index (χ0) is 32.5. The Morgan fingerprint density at radius 3 is 1.22 bits per heavy atom. The van der Waals surface area contributed by atoms with Crippen LogP contribution < -0.4 is 33.0 Å². The predicted molar refractivity (Wildman–Crippen MR) is 135 cm³/mol. The summed E-state index contributed by atoms with van der Waals surface area (Å²) >= 11 is 0. The molecular weight excluding hydrogens is 620 g/mol. The Bertz CT molecular complexity index is 1310. The van der Waals surface area contributed by atoms with Crippen LogP contribution in [0.25, 0.3) is 0 Å². The molecule has 3 unspecified atom stereocenters. The van der Waals surface area contributed by atoms with E-state index in [9.17, 15) is 38.4 Å². The van der Waals surface area contributed by atoms with E-state index in [4.69, 9.17) is 33.2 Å². The number of ether oxygens (including phenoxy) is 9. The number of amides is 3. The molecule has 3 fully saturated rings. The lowest BCUT2D eigenvalue weighted by Crippen LogP contribution is -2.58. The van der Waals surface area contributed by atoms with E-state index >= 15 is 0 Å². The number of hydrogen-bond donors (Lipinski definition) is 3. The standard InChI is InChI=1S/C22H26N6O17/c1-11-37-2-12(43-11)3-38-15(29)23-8-26-18(32)27(9-24-16(30)39-4-13-6-41-21(35)44-13)20(34)28(19(26)33)10-25-17(31)40-5-14-7-42-22(36)45-14/h12-14H,1-10H2,(H,23,29)(H,24,30)(H,25,31). The zero-order valence-corrected chi connectivity index (χ0v) is 23.1. The van der Waals surface area contributed by atoms with Crippen molar-refractivity contribution in [2.45, 2.75) is 38.3 Å². The van der Waals surface area contributed by atoms with Gasteiger partial charge in [0.15, 0.2) is 18.3 Å². The van der Waals surface area contributed by atoms with Gasteiger partial charge in [0.2, 0.25) is 0 Å². The second-order valence-corrected chi connectivity index (χ2v) is 8.96. The van der Waals surface area contributed by atoms with Gasteiger partial charge in [-0.1, -0.05) is 0 Å². The lowest BCUT2D eigenvalue weighted by Gasteiger charge is -2.16. The number of alkyl carbamates (subject to hydrolysis) is 3.